The zero-order valence-electron chi connectivity index (χ0n) is 12.2. The molecule has 0 radical (unpaired) electrons. The molecule has 0 amide bonds. The molecule has 0 heterocycles. The molecule has 0 spiro atoms. The molecular weight excluding hydrogens is 223 g/mol. The predicted molar refractivity (Wildman–Crippen MR) is 67.5 cm³/mol. The van der Waals surface area contributed by atoms with Crippen molar-refractivity contribution in [2.24, 2.45) is 0 Å². The van der Waals surface area contributed by atoms with E-state index in [1.165, 1.54) is 5.56 Å². The Kier molecular flexibility index (Phi) is 6.17. The van der Waals surface area contributed by atoms with Gasteiger partial charge in [0, 0.05) is 5.57 Å². The maximum Gasteiger partial charge on any atom is 1.00 e. The Morgan fingerprint density at radius 2 is 1.71 bits per heavy atom. The van der Waals surface area contributed by atoms with Crippen LogP contribution >= 0.6 is 0 Å². The van der Waals surface area contributed by atoms with Gasteiger partial charge in [0.2, 0.25) is 0 Å². The molecule has 0 aromatic heterocycles. The number of aliphatic carboxylic acids is 1. The molecule has 17 heavy (non-hydrogen) atoms. The van der Waals surface area contributed by atoms with Crippen LogP contribution in [-0.2, 0) is 10.2 Å². The molecule has 0 fully saturated rings. The van der Waals surface area contributed by atoms with Gasteiger partial charge in [-0.2, -0.15) is 0 Å². The third-order valence-electron chi connectivity index (χ3n) is 2.50. The Bertz CT molecular complexity index is 416. The molecule has 88 valence electrons. The van der Waals surface area contributed by atoms with Crippen LogP contribution in [0, 0.1) is 0 Å². The van der Waals surface area contributed by atoms with Crippen LogP contribution in [0.3, 0.4) is 0 Å². The minimum atomic E-state index is -0.875. The van der Waals surface area contributed by atoms with Crippen LogP contribution in [0.2, 0.25) is 0 Å². The van der Waals surface area contributed by atoms with Gasteiger partial charge in [0.1, 0.15) is 0 Å². The Morgan fingerprint density at radius 1 is 1.24 bits per heavy atom. The van der Waals surface area contributed by atoms with Gasteiger partial charge in [-0.1, -0.05) is 45.0 Å². The van der Waals surface area contributed by atoms with Crippen LogP contribution in [-0.4, -0.2) is 11.1 Å². The summed E-state index contributed by atoms with van der Waals surface area (Å²) in [5.41, 5.74) is 2.65. The van der Waals surface area contributed by atoms with E-state index in [0.717, 1.165) is 5.56 Å². The minimum absolute atomic E-state index is 0. The minimum Gasteiger partial charge on any atom is -1.00 e. The first kappa shape index (κ1) is 16.4. The fourth-order valence-electron chi connectivity index (χ4n) is 1.39. The molecule has 0 aliphatic carbocycles. The summed E-state index contributed by atoms with van der Waals surface area (Å²) in [6.45, 7) is 8.06. The summed E-state index contributed by atoms with van der Waals surface area (Å²) in [5, 5.41) is 8.76. The van der Waals surface area contributed by atoms with Crippen molar-refractivity contribution in [1.29, 1.82) is 0 Å². The predicted octanol–water partition coefficient (Wildman–Crippen LogP) is 0.588. The maximum atomic E-state index is 10.7. The number of benzene rings is 1. The van der Waals surface area contributed by atoms with Gasteiger partial charge in [-0.05, 0) is 29.5 Å². The summed E-state index contributed by atoms with van der Waals surface area (Å²) >= 11 is 0. The first-order valence-electron chi connectivity index (χ1n) is 5.33. The van der Waals surface area contributed by atoms with Crippen molar-refractivity contribution >= 4 is 12.0 Å². The summed E-state index contributed by atoms with van der Waals surface area (Å²) < 4.78 is 0. The smallest absolute Gasteiger partial charge is 1.00 e. The van der Waals surface area contributed by atoms with Crippen LogP contribution in [0.25, 0.3) is 6.08 Å². The molecule has 0 aliphatic rings. The van der Waals surface area contributed by atoms with Crippen LogP contribution < -0.4 is 29.6 Å². The van der Waals surface area contributed by atoms with E-state index < -0.39 is 5.97 Å². The van der Waals surface area contributed by atoms with Crippen molar-refractivity contribution in [3.8, 4) is 0 Å². The average molecular weight is 242 g/mol. The monoisotopic (exact) mass is 242 g/mol. The van der Waals surface area contributed by atoms with Gasteiger partial charge in [-0.3, -0.25) is 0 Å². The van der Waals surface area contributed by atoms with Crippen LogP contribution in [0.4, 0.5) is 0 Å². The third kappa shape index (κ3) is 5.07. The third-order valence-corrected chi connectivity index (χ3v) is 2.50. The van der Waals surface area contributed by atoms with Crippen molar-refractivity contribution in [2.45, 2.75) is 33.1 Å². The zero-order chi connectivity index (χ0) is 12.3. The van der Waals surface area contributed by atoms with E-state index in [1.807, 2.05) is 24.3 Å². The summed E-state index contributed by atoms with van der Waals surface area (Å²) in [6, 6.07) is 7.99. The average Bonchev–Trinajstić information content (AvgIpc) is 2.17. The summed E-state index contributed by atoms with van der Waals surface area (Å²) in [6.07, 6.45) is 1.68. The van der Waals surface area contributed by atoms with Gasteiger partial charge in [0.05, 0.1) is 0 Å². The molecule has 1 aromatic carbocycles. The molecular formula is C14H19NaO2. The molecule has 1 rings (SSSR count). The van der Waals surface area contributed by atoms with Crippen molar-refractivity contribution in [3.63, 3.8) is 0 Å². The molecule has 0 bridgehead atoms. The summed E-state index contributed by atoms with van der Waals surface area (Å²) in [5.74, 6) is -0.875. The van der Waals surface area contributed by atoms with Crippen LogP contribution in [0.15, 0.2) is 29.8 Å². The van der Waals surface area contributed by atoms with E-state index in [2.05, 4.69) is 20.8 Å². The number of hydrogen-bond acceptors (Lipinski definition) is 1. The molecule has 0 saturated heterocycles. The summed E-state index contributed by atoms with van der Waals surface area (Å²) in [4.78, 5) is 10.7. The van der Waals surface area contributed by atoms with Gasteiger partial charge in [0.15, 0.2) is 0 Å². The Morgan fingerprint density at radius 3 is 2.06 bits per heavy atom. The molecule has 0 atom stereocenters. The van der Waals surface area contributed by atoms with E-state index in [4.69, 9.17) is 5.11 Å². The quantitative estimate of drug-likeness (QED) is 0.609. The Balaban J connectivity index is 0. The Hall–Kier alpha value is -0.570. The first-order valence-corrected chi connectivity index (χ1v) is 5.33. The summed E-state index contributed by atoms with van der Waals surface area (Å²) in [7, 11) is 0. The van der Waals surface area contributed by atoms with Crippen LogP contribution in [0.1, 0.15) is 40.2 Å². The van der Waals surface area contributed by atoms with Crippen molar-refractivity contribution in [3.05, 3.63) is 41.0 Å². The van der Waals surface area contributed by atoms with Gasteiger partial charge in [0.25, 0.3) is 0 Å². The molecule has 1 N–H and O–H groups in total. The molecule has 3 heteroatoms. The van der Waals surface area contributed by atoms with Gasteiger partial charge < -0.3 is 6.53 Å². The fraction of sp³-hybridized carbons (Fsp3) is 0.357. The second kappa shape index (κ2) is 6.39. The maximum absolute atomic E-state index is 10.7. The van der Waals surface area contributed by atoms with Crippen molar-refractivity contribution < 1.29 is 40.9 Å². The molecule has 0 saturated carbocycles. The number of rotatable bonds is 2. The SMILES string of the molecule is C/C(=C\c1ccc(C(C)(C)C)cc1)C(=O)O.[H-].[Na+]. The molecule has 2 nitrogen and oxygen atoms in total. The van der Waals surface area contributed by atoms with E-state index in [9.17, 15) is 4.79 Å². The Labute approximate surface area is 127 Å². The van der Waals surface area contributed by atoms with Gasteiger partial charge in [-0.15, -0.1) is 0 Å². The van der Waals surface area contributed by atoms with Crippen molar-refractivity contribution in [2.75, 3.05) is 0 Å². The zero-order valence-corrected chi connectivity index (χ0v) is 13.2. The normalized spacial score (nSPS) is 11.9. The van der Waals surface area contributed by atoms with Gasteiger partial charge in [-0.25, -0.2) is 4.79 Å². The van der Waals surface area contributed by atoms with E-state index in [1.54, 1.807) is 13.0 Å². The van der Waals surface area contributed by atoms with Crippen molar-refractivity contribution in [1.82, 2.24) is 0 Å². The second-order valence-electron chi connectivity index (χ2n) is 5.00. The number of carboxylic acid groups (broad SMARTS) is 1. The van der Waals surface area contributed by atoms with Gasteiger partial charge >= 0.3 is 35.5 Å². The fourth-order valence-corrected chi connectivity index (χ4v) is 1.39. The second-order valence-corrected chi connectivity index (χ2v) is 5.00. The molecule has 0 unspecified atom stereocenters. The molecule has 0 aliphatic heterocycles. The van der Waals surface area contributed by atoms with E-state index in [-0.39, 0.29) is 36.4 Å². The molecule has 1 aromatic rings. The number of carboxylic acids is 1. The number of carbonyl (C=O) groups is 1. The largest absolute Gasteiger partial charge is 1.00 e. The number of hydrogen-bond donors (Lipinski definition) is 1. The first-order chi connectivity index (χ1) is 7.30. The standard InChI is InChI=1S/C14H18O2.Na.H/c1-10(13(15)16)9-11-5-7-12(8-6-11)14(2,3)4;;/h5-9H,1-4H3,(H,15,16);;/q;+1;-1/b10-9+;;. The van der Waals surface area contributed by atoms with E-state index in [0.29, 0.717) is 5.57 Å². The topological polar surface area (TPSA) is 37.3 Å². The van der Waals surface area contributed by atoms with E-state index >= 15 is 0 Å². The van der Waals surface area contributed by atoms with Crippen LogP contribution in [0.5, 0.6) is 0 Å².